The molecule has 0 radical (unpaired) electrons. The quantitative estimate of drug-likeness (QED) is 0.176. The van der Waals surface area contributed by atoms with Crippen molar-refractivity contribution in [2.75, 3.05) is 0 Å². The van der Waals surface area contributed by atoms with Gasteiger partial charge in [0.2, 0.25) is 9.84 Å². The summed E-state index contributed by atoms with van der Waals surface area (Å²) in [5.41, 5.74) is 3.88. The van der Waals surface area contributed by atoms with Crippen molar-refractivity contribution >= 4 is 49.7 Å². The largest absolute Gasteiger partial charge is 0.294 e. The summed E-state index contributed by atoms with van der Waals surface area (Å²) in [6.45, 7) is 2.05. The minimum atomic E-state index is -3.73. The zero-order valence-corrected chi connectivity index (χ0v) is 26.6. The lowest BCUT2D eigenvalue weighted by Gasteiger charge is -2.34. The molecule has 0 bridgehead atoms. The second-order valence-corrected chi connectivity index (χ2v) is 17.1. The van der Waals surface area contributed by atoms with Crippen molar-refractivity contribution in [1.29, 1.82) is 0 Å². The Morgan fingerprint density at radius 3 is 1.67 bits per heavy atom. The summed E-state index contributed by atoms with van der Waals surface area (Å²) in [6.07, 6.45) is 0.701. The van der Waals surface area contributed by atoms with Gasteiger partial charge in [0, 0.05) is 6.42 Å². The highest BCUT2D eigenvalue weighted by Gasteiger charge is 2.41. The van der Waals surface area contributed by atoms with E-state index in [4.69, 9.17) is 4.98 Å². The third-order valence-electron chi connectivity index (χ3n) is 9.08. The Morgan fingerprint density at radius 1 is 0.578 bits per heavy atom. The average Bonchev–Trinajstić information content (AvgIpc) is 3.49. The van der Waals surface area contributed by atoms with Gasteiger partial charge in [-0.05, 0) is 56.1 Å². The van der Waals surface area contributed by atoms with Crippen LogP contribution in [0.3, 0.4) is 0 Å². The van der Waals surface area contributed by atoms with Gasteiger partial charge in [0.05, 0.1) is 26.5 Å². The van der Waals surface area contributed by atoms with E-state index in [2.05, 4.69) is 115 Å². The summed E-state index contributed by atoms with van der Waals surface area (Å²) < 4.78 is 30.0. The summed E-state index contributed by atoms with van der Waals surface area (Å²) in [6, 6.07) is 52.4. The molecule has 1 aliphatic heterocycles. The molecule has 0 N–H and O–H groups in total. The van der Waals surface area contributed by atoms with E-state index in [0.29, 0.717) is 32.9 Å². The van der Waals surface area contributed by atoms with E-state index in [1.54, 1.807) is 12.1 Å². The molecule has 0 spiro atoms. The maximum atomic E-state index is 14.0. The minimum Gasteiger partial charge on any atom is -0.294 e. The predicted molar refractivity (Wildman–Crippen MR) is 185 cm³/mol. The molecule has 218 valence electrons. The first-order valence-corrected chi connectivity index (χ1v) is 18.7. The number of para-hydroxylation sites is 1. The standard InChI is InChI=1S/C39H30N2O2SSi/c1-2-38-40-34-19-12-20-36-39(34)41(38)35-26-23-29(27-37(35)44(36,42)43)28-21-24-33(25-22-28)45(30-13-6-3-7-14-30,31-15-8-4-9-16-31)32-17-10-5-11-18-32/h3-27H,2H2,1H3. The molecule has 45 heavy (non-hydrogen) atoms. The first kappa shape index (κ1) is 27.5. The van der Waals surface area contributed by atoms with Gasteiger partial charge in [-0.1, -0.05) is 134 Å². The van der Waals surface area contributed by atoms with E-state index in [0.717, 1.165) is 17.0 Å². The zero-order chi connectivity index (χ0) is 30.6. The number of fused-ring (bicyclic) bond motifs is 2. The van der Waals surface area contributed by atoms with Gasteiger partial charge in [-0.15, -0.1) is 0 Å². The van der Waals surface area contributed by atoms with Crippen LogP contribution in [0.4, 0.5) is 0 Å². The van der Waals surface area contributed by atoms with Gasteiger partial charge in [-0.25, -0.2) is 13.4 Å². The Bertz CT molecular complexity index is 2200. The van der Waals surface area contributed by atoms with E-state index >= 15 is 0 Å². The first-order chi connectivity index (χ1) is 22.0. The van der Waals surface area contributed by atoms with Crippen LogP contribution in [0.15, 0.2) is 161 Å². The summed E-state index contributed by atoms with van der Waals surface area (Å²) in [5, 5.41) is 5.20. The Hall–Kier alpha value is -5.04. The smallest absolute Gasteiger partial charge is 0.210 e. The Labute approximate surface area is 264 Å². The van der Waals surface area contributed by atoms with Crippen molar-refractivity contribution in [1.82, 2.24) is 9.55 Å². The topological polar surface area (TPSA) is 52.0 Å². The van der Waals surface area contributed by atoms with Crippen molar-refractivity contribution < 1.29 is 8.42 Å². The third kappa shape index (κ3) is 4.10. The van der Waals surface area contributed by atoms with Gasteiger partial charge in [-0.2, -0.15) is 0 Å². The second kappa shape index (κ2) is 10.5. The van der Waals surface area contributed by atoms with Gasteiger partial charge < -0.3 is 0 Å². The van der Waals surface area contributed by atoms with Gasteiger partial charge in [0.15, 0.2) is 8.07 Å². The Kier molecular flexibility index (Phi) is 6.44. The lowest BCUT2D eigenvalue weighted by Crippen LogP contribution is -2.74. The molecule has 0 saturated heterocycles. The Morgan fingerprint density at radius 2 is 1.11 bits per heavy atom. The summed E-state index contributed by atoms with van der Waals surface area (Å²) >= 11 is 0. The molecule has 6 aromatic carbocycles. The van der Waals surface area contributed by atoms with Crippen molar-refractivity contribution in [2.45, 2.75) is 23.1 Å². The summed E-state index contributed by atoms with van der Waals surface area (Å²) in [7, 11) is -6.37. The van der Waals surface area contributed by atoms with Gasteiger partial charge in [0.25, 0.3) is 0 Å². The number of imidazole rings is 1. The van der Waals surface area contributed by atoms with Gasteiger partial charge in [0.1, 0.15) is 5.82 Å². The molecule has 0 saturated carbocycles. The zero-order valence-electron chi connectivity index (χ0n) is 24.8. The molecule has 4 nitrogen and oxygen atoms in total. The number of benzene rings is 6. The highest BCUT2D eigenvalue weighted by Crippen LogP contribution is 2.40. The average molecular weight is 619 g/mol. The fraction of sp³-hybridized carbons (Fsp3) is 0.0513. The fourth-order valence-corrected chi connectivity index (χ4v) is 13.5. The van der Waals surface area contributed by atoms with Crippen molar-refractivity contribution in [3.05, 3.63) is 157 Å². The van der Waals surface area contributed by atoms with E-state index in [1.807, 2.05) is 35.8 Å². The second-order valence-electron chi connectivity index (χ2n) is 11.5. The molecule has 0 aliphatic carbocycles. The molecule has 8 rings (SSSR count). The van der Waals surface area contributed by atoms with Crippen LogP contribution >= 0.6 is 0 Å². The van der Waals surface area contributed by atoms with Crippen LogP contribution in [0.2, 0.25) is 0 Å². The lowest BCUT2D eigenvalue weighted by molar-refractivity contribution is 0.594. The number of nitrogens with zero attached hydrogens (tertiary/aromatic N) is 2. The van der Waals surface area contributed by atoms with Crippen molar-refractivity contribution in [3.8, 4) is 16.8 Å². The lowest BCUT2D eigenvalue weighted by atomic mass is 10.1. The van der Waals surface area contributed by atoms with Crippen LogP contribution in [0.1, 0.15) is 12.7 Å². The van der Waals surface area contributed by atoms with Crippen LogP contribution in [0, 0.1) is 0 Å². The van der Waals surface area contributed by atoms with E-state index in [-0.39, 0.29) is 0 Å². The molecule has 7 aromatic rings. The maximum absolute atomic E-state index is 14.0. The molecule has 0 unspecified atom stereocenters. The molecular weight excluding hydrogens is 589 g/mol. The van der Waals surface area contributed by atoms with E-state index in [9.17, 15) is 8.42 Å². The van der Waals surface area contributed by atoms with Gasteiger partial charge in [-0.3, -0.25) is 4.57 Å². The number of sulfone groups is 1. The van der Waals surface area contributed by atoms with Crippen molar-refractivity contribution in [3.63, 3.8) is 0 Å². The fourth-order valence-electron chi connectivity index (χ4n) is 7.05. The number of aryl methyl sites for hydroxylation is 1. The summed E-state index contributed by atoms with van der Waals surface area (Å²) in [4.78, 5) is 5.39. The normalized spacial score (nSPS) is 13.4. The number of rotatable bonds is 6. The number of aromatic nitrogens is 2. The van der Waals surface area contributed by atoms with E-state index in [1.165, 1.54) is 20.7 Å². The molecule has 0 amide bonds. The van der Waals surface area contributed by atoms with Crippen LogP contribution in [0.5, 0.6) is 0 Å². The molecule has 1 aromatic heterocycles. The molecular formula is C39H30N2O2SSi. The van der Waals surface area contributed by atoms with E-state index < -0.39 is 17.9 Å². The predicted octanol–water partition coefficient (Wildman–Crippen LogP) is 5.78. The molecule has 2 heterocycles. The Balaban J connectivity index is 1.30. The van der Waals surface area contributed by atoms with Crippen molar-refractivity contribution in [2.24, 2.45) is 0 Å². The number of hydrogen-bond acceptors (Lipinski definition) is 3. The number of hydrogen-bond donors (Lipinski definition) is 0. The minimum absolute atomic E-state index is 0.316. The van der Waals surface area contributed by atoms with Crippen LogP contribution < -0.4 is 20.7 Å². The molecule has 0 atom stereocenters. The maximum Gasteiger partial charge on any atom is 0.210 e. The highest BCUT2D eigenvalue weighted by atomic mass is 32.2. The first-order valence-electron chi connectivity index (χ1n) is 15.2. The molecule has 1 aliphatic rings. The van der Waals surface area contributed by atoms with Crippen LogP contribution in [-0.2, 0) is 16.3 Å². The third-order valence-corrected chi connectivity index (χ3v) is 15.7. The van der Waals surface area contributed by atoms with Crippen LogP contribution in [0.25, 0.3) is 27.8 Å². The summed E-state index contributed by atoms with van der Waals surface area (Å²) in [5.74, 6) is 0.856. The van der Waals surface area contributed by atoms with Crippen LogP contribution in [-0.4, -0.2) is 26.0 Å². The molecule has 0 fully saturated rings. The van der Waals surface area contributed by atoms with Gasteiger partial charge >= 0.3 is 0 Å². The highest BCUT2D eigenvalue weighted by molar-refractivity contribution is 7.92. The molecule has 6 heteroatoms. The monoisotopic (exact) mass is 618 g/mol. The SMILES string of the molecule is CCc1nc2cccc3c2n1-c1ccc(-c2ccc([Si](c4ccccc4)(c4ccccc4)c4ccccc4)cc2)cc1S3(=O)=O.